The maximum Gasteiger partial charge on any atom is 0.416 e. The fourth-order valence-electron chi connectivity index (χ4n) is 1.40. The van der Waals surface area contributed by atoms with Crippen LogP contribution in [-0.4, -0.2) is 9.55 Å². The molecule has 0 aliphatic heterocycles. The molecule has 0 spiro atoms. The van der Waals surface area contributed by atoms with Crippen LogP contribution in [-0.2, 0) is 6.18 Å². The van der Waals surface area contributed by atoms with E-state index in [-0.39, 0.29) is 0 Å². The summed E-state index contributed by atoms with van der Waals surface area (Å²) in [6.07, 6.45) is -1.24. The van der Waals surface area contributed by atoms with E-state index in [0.29, 0.717) is 14.9 Å². The van der Waals surface area contributed by atoms with Crippen LogP contribution in [0.25, 0.3) is 5.69 Å². The number of aromatic amines is 1. The van der Waals surface area contributed by atoms with Gasteiger partial charge in [-0.05, 0) is 30.4 Å². The molecule has 0 fully saturated rings. The van der Waals surface area contributed by atoms with Gasteiger partial charge in [0, 0.05) is 22.6 Å². The van der Waals surface area contributed by atoms with Crippen molar-refractivity contribution < 1.29 is 13.2 Å². The highest BCUT2D eigenvalue weighted by Crippen LogP contribution is 2.32. The van der Waals surface area contributed by atoms with Crippen LogP contribution in [0.2, 0.25) is 0 Å². The first-order chi connectivity index (χ1) is 7.88. The van der Waals surface area contributed by atoms with Crippen molar-refractivity contribution in [2.24, 2.45) is 0 Å². The zero-order valence-electron chi connectivity index (χ0n) is 8.25. The second-order valence-corrected chi connectivity index (χ2v) is 4.63. The number of H-pyrrole nitrogens is 1. The zero-order valence-corrected chi connectivity index (χ0v) is 10.7. The summed E-state index contributed by atoms with van der Waals surface area (Å²) in [7, 11) is 0. The number of hydrogen-bond acceptors (Lipinski definition) is 1. The molecule has 0 bridgehead atoms. The Bertz CT molecular complexity index is 600. The van der Waals surface area contributed by atoms with Gasteiger partial charge < -0.3 is 4.98 Å². The Hall–Kier alpha value is -1.08. The molecule has 2 nitrogen and oxygen atoms in total. The van der Waals surface area contributed by atoms with Gasteiger partial charge in [0.1, 0.15) is 0 Å². The van der Waals surface area contributed by atoms with Gasteiger partial charge in [-0.1, -0.05) is 15.9 Å². The van der Waals surface area contributed by atoms with Gasteiger partial charge in [0.15, 0.2) is 4.77 Å². The highest BCUT2D eigenvalue weighted by atomic mass is 79.9. The lowest BCUT2D eigenvalue weighted by Gasteiger charge is -2.10. The second-order valence-electron chi connectivity index (χ2n) is 3.33. The van der Waals surface area contributed by atoms with Crippen LogP contribution in [0.3, 0.4) is 0 Å². The molecule has 7 heteroatoms. The van der Waals surface area contributed by atoms with Gasteiger partial charge in [-0.2, -0.15) is 13.2 Å². The number of aromatic nitrogens is 2. The van der Waals surface area contributed by atoms with E-state index in [1.807, 2.05) is 0 Å². The van der Waals surface area contributed by atoms with Crippen molar-refractivity contribution in [2.45, 2.75) is 6.18 Å². The van der Waals surface area contributed by atoms with E-state index >= 15 is 0 Å². The molecule has 17 heavy (non-hydrogen) atoms. The van der Waals surface area contributed by atoms with Crippen molar-refractivity contribution in [1.82, 2.24) is 9.55 Å². The lowest BCUT2D eigenvalue weighted by Crippen LogP contribution is -2.06. The van der Waals surface area contributed by atoms with Crippen LogP contribution >= 0.6 is 28.1 Å². The third-order valence-electron chi connectivity index (χ3n) is 2.14. The van der Waals surface area contributed by atoms with E-state index in [0.717, 1.165) is 12.1 Å². The van der Waals surface area contributed by atoms with Crippen LogP contribution in [0.15, 0.2) is 35.1 Å². The van der Waals surface area contributed by atoms with Crippen LogP contribution in [0.4, 0.5) is 13.2 Å². The molecule has 0 amide bonds. The molecule has 1 aromatic carbocycles. The number of benzene rings is 1. The van der Waals surface area contributed by atoms with Crippen LogP contribution in [0, 0.1) is 4.77 Å². The molecule has 0 aliphatic rings. The number of nitrogens with one attached hydrogen (secondary N) is 1. The Morgan fingerprint density at radius 1 is 1.24 bits per heavy atom. The molecule has 0 saturated heterocycles. The predicted molar refractivity (Wildman–Crippen MR) is 63.7 cm³/mol. The molecule has 0 unspecified atom stereocenters. The number of rotatable bonds is 1. The summed E-state index contributed by atoms with van der Waals surface area (Å²) in [5.41, 5.74) is -0.358. The van der Waals surface area contributed by atoms with Crippen molar-refractivity contribution in [2.75, 3.05) is 0 Å². The molecule has 90 valence electrons. The molecular weight excluding hydrogens is 317 g/mol. The van der Waals surface area contributed by atoms with Crippen LogP contribution in [0.1, 0.15) is 5.56 Å². The van der Waals surface area contributed by atoms with E-state index in [4.69, 9.17) is 12.2 Å². The maximum atomic E-state index is 12.6. The monoisotopic (exact) mass is 322 g/mol. The molecule has 2 aromatic rings. The minimum atomic E-state index is -4.38. The highest BCUT2D eigenvalue weighted by Gasteiger charge is 2.31. The van der Waals surface area contributed by atoms with Crippen LogP contribution in [0.5, 0.6) is 0 Å². The summed E-state index contributed by atoms with van der Waals surface area (Å²) in [6, 6.07) is 3.65. The van der Waals surface area contributed by atoms with Crippen molar-refractivity contribution >= 4 is 28.1 Å². The van der Waals surface area contributed by atoms with Gasteiger partial charge in [0.2, 0.25) is 0 Å². The highest BCUT2D eigenvalue weighted by molar-refractivity contribution is 9.10. The van der Waals surface area contributed by atoms with Gasteiger partial charge in [-0.3, -0.25) is 4.57 Å². The smallest absolute Gasteiger partial charge is 0.337 e. The average molecular weight is 323 g/mol. The minimum Gasteiger partial charge on any atom is -0.337 e. The summed E-state index contributed by atoms with van der Waals surface area (Å²) in [4.78, 5) is 2.73. The lowest BCUT2D eigenvalue weighted by molar-refractivity contribution is -0.137. The SMILES string of the molecule is FC(F)(F)c1cc(Br)cc(-n2cc[nH]c2=S)c1. The Kier molecular flexibility index (Phi) is 3.13. The quantitative estimate of drug-likeness (QED) is 0.775. The largest absolute Gasteiger partial charge is 0.416 e. The van der Waals surface area contributed by atoms with E-state index in [9.17, 15) is 13.2 Å². The first kappa shape index (κ1) is 12.4. The van der Waals surface area contributed by atoms with Gasteiger partial charge in [0.25, 0.3) is 0 Å². The van der Waals surface area contributed by atoms with Crippen molar-refractivity contribution in [3.8, 4) is 5.69 Å². The number of alkyl halides is 3. The Morgan fingerprint density at radius 3 is 2.47 bits per heavy atom. The third-order valence-corrected chi connectivity index (χ3v) is 2.91. The topological polar surface area (TPSA) is 20.7 Å². The summed E-state index contributed by atoms with van der Waals surface area (Å²) in [5.74, 6) is 0. The molecule has 1 aromatic heterocycles. The van der Waals surface area contributed by atoms with E-state index in [2.05, 4.69) is 20.9 Å². The molecule has 0 atom stereocenters. The van der Waals surface area contributed by atoms with Crippen molar-refractivity contribution in [1.29, 1.82) is 0 Å². The first-order valence-electron chi connectivity index (χ1n) is 4.52. The van der Waals surface area contributed by atoms with Gasteiger partial charge in [0.05, 0.1) is 5.56 Å². The summed E-state index contributed by atoms with van der Waals surface area (Å²) >= 11 is 8.02. The zero-order chi connectivity index (χ0) is 12.6. The van der Waals surface area contributed by atoms with Crippen molar-refractivity contribution in [3.05, 3.63) is 45.4 Å². The molecule has 0 radical (unpaired) electrons. The Morgan fingerprint density at radius 2 is 1.94 bits per heavy atom. The molecule has 0 aliphatic carbocycles. The third kappa shape index (κ3) is 2.61. The fraction of sp³-hybridized carbons (Fsp3) is 0.100. The summed E-state index contributed by atoms with van der Waals surface area (Å²) < 4.78 is 40.0. The van der Waals surface area contributed by atoms with Crippen molar-refractivity contribution in [3.63, 3.8) is 0 Å². The van der Waals surface area contributed by atoms with Gasteiger partial charge in [-0.15, -0.1) is 0 Å². The predicted octanol–water partition coefficient (Wildman–Crippen LogP) is 4.32. The molecule has 0 saturated carbocycles. The summed E-state index contributed by atoms with van der Waals surface area (Å²) in [5, 5.41) is 0. The average Bonchev–Trinajstić information content (AvgIpc) is 2.62. The Labute approximate surface area is 108 Å². The standard InChI is InChI=1S/C10H6BrF3N2S/c11-7-3-6(10(12,13)14)4-8(5-7)16-2-1-15-9(16)17/h1-5H,(H,15,17). The van der Waals surface area contributed by atoms with Crippen LogP contribution < -0.4 is 0 Å². The minimum absolute atomic E-state index is 0.344. The molecule has 1 heterocycles. The number of imidazole rings is 1. The fourth-order valence-corrected chi connectivity index (χ4v) is 2.12. The van der Waals surface area contributed by atoms with Gasteiger partial charge in [-0.25, -0.2) is 0 Å². The molecule has 2 rings (SSSR count). The van der Waals surface area contributed by atoms with E-state index in [1.54, 1.807) is 18.5 Å². The first-order valence-corrected chi connectivity index (χ1v) is 5.72. The number of hydrogen-bond donors (Lipinski definition) is 1. The molecule has 1 N–H and O–H groups in total. The second kappa shape index (κ2) is 4.30. The summed E-state index contributed by atoms with van der Waals surface area (Å²) in [6.45, 7) is 0. The van der Waals surface area contributed by atoms with E-state index in [1.165, 1.54) is 4.57 Å². The normalized spacial score (nSPS) is 11.8. The van der Waals surface area contributed by atoms with Gasteiger partial charge >= 0.3 is 6.18 Å². The number of halogens is 4. The Balaban J connectivity index is 2.61. The maximum absolute atomic E-state index is 12.6. The van der Waals surface area contributed by atoms with E-state index < -0.39 is 11.7 Å². The molecular formula is C10H6BrF3N2S. The lowest BCUT2D eigenvalue weighted by atomic mass is 10.2. The number of nitrogens with zero attached hydrogens (tertiary/aromatic N) is 1.